The number of nitrogen functional groups attached to an aromatic ring is 1. The first-order chi connectivity index (χ1) is 12.0. The quantitative estimate of drug-likeness (QED) is 0.645. The van der Waals surface area contributed by atoms with E-state index in [0.717, 1.165) is 23.4 Å². The van der Waals surface area contributed by atoms with E-state index in [1.54, 1.807) is 32.4 Å². The van der Waals surface area contributed by atoms with Gasteiger partial charge in [-0.25, -0.2) is 0 Å². The fourth-order valence-electron chi connectivity index (χ4n) is 3.27. The van der Waals surface area contributed by atoms with E-state index in [1.165, 1.54) is 0 Å². The molecule has 0 aromatic heterocycles. The SMILES string of the molecule is COc1ccc(OC)c(C(=O)C2CC2c2ccc(N(C)C)c(N)c2)c1. The summed E-state index contributed by atoms with van der Waals surface area (Å²) in [6.07, 6.45) is 0.833. The highest BCUT2D eigenvalue weighted by Crippen LogP contribution is 2.51. The van der Waals surface area contributed by atoms with Gasteiger partial charge in [0.25, 0.3) is 0 Å². The molecule has 1 fully saturated rings. The van der Waals surface area contributed by atoms with E-state index >= 15 is 0 Å². The molecule has 0 aliphatic heterocycles. The summed E-state index contributed by atoms with van der Waals surface area (Å²) < 4.78 is 10.6. The molecule has 1 aliphatic carbocycles. The number of nitrogens with zero attached hydrogens (tertiary/aromatic N) is 1. The molecule has 132 valence electrons. The molecule has 2 N–H and O–H groups in total. The summed E-state index contributed by atoms with van der Waals surface area (Å²) in [7, 11) is 7.09. The molecule has 0 radical (unpaired) electrons. The largest absolute Gasteiger partial charge is 0.497 e. The lowest BCUT2D eigenvalue weighted by Crippen LogP contribution is -2.11. The molecule has 2 aromatic rings. The molecule has 0 bridgehead atoms. The minimum Gasteiger partial charge on any atom is -0.497 e. The smallest absolute Gasteiger partial charge is 0.170 e. The third-order valence-corrected chi connectivity index (χ3v) is 4.76. The van der Waals surface area contributed by atoms with Crippen molar-refractivity contribution in [1.82, 2.24) is 0 Å². The van der Waals surface area contributed by atoms with Crippen molar-refractivity contribution < 1.29 is 14.3 Å². The third-order valence-electron chi connectivity index (χ3n) is 4.76. The van der Waals surface area contributed by atoms with Crippen molar-refractivity contribution in [3.8, 4) is 11.5 Å². The van der Waals surface area contributed by atoms with E-state index in [9.17, 15) is 4.79 Å². The van der Waals surface area contributed by atoms with Crippen molar-refractivity contribution >= 4 is 17.2 Å². The lowest BCUT2D eigenvalue weighted by molar-refractivity contribution is 0.0962. The van der Waals surface area contributed by atoms with Gasteiger partial charge in [-0.3, -0.25) is 4.79 Å². The first kappa shape index (κ1) is 17.1. The van der Waals surface area contributed by atoms with Crippen molar-refractivity contribution in [3.05, 3.63) is 47.5 Å². The van der Waals surface area contributed by atoms with Crippen LogP contribution in [0.2, 0.25) is 0 Å². The van der Waals surface area contributed by atoms with Gasteiger partial charge in [0.1, 0.15) is 11.5 Å². The molecule has 0 saturated heterocycles. The second-order valence-corrected chi connectivity index (χ2v) is 6.59. The minimum absolute atomic E-state index is 0.0365. The van der Waals surface area contributed by atoms with Crippen LogP contribution in [0.3, 0.4) is 0 Å². The number of carbonyl (C=O) groups is 1. The predicted octanol–water partition coefficient (Wildman–Crippen LogP) is 3.34. The standard InChI is InChI=1S/C20H24N2O3/c1-22(2)18-7-5-12(9-17(18)21)14-11-15(14)20(23)16-10-13(24-3)6-8-19(16)25-4/h5-10,14-15H,11,21H2,1-4H3. The number of Topliss-reactive ketones (excluding diaryl/α,β-unsaturated/α-hetero) is 1. The Kier molecular flexibility index (Phi) is 4.57. The summed E-state index contributed by atoms with van der Waals surface area (Å²) in [4.78, 5) is 14.9. The van der Waals surface area contributed by atoms with Gasteiger partial charge in [-0.05, 0) is 48.2 Å². The topological polar surface area (TPSA) is 64.8 Å². The van der Waals surface area contributed by atoms with E-state index in [-0.39, 0.29) is 17.6 Å². The number of ketones is 1. The number of anilines is 2. The second-order valence-electron chi connectivity index (χ2n) is 6.59. The molecule has 0 spiro atoms. The molecule has 3 rings (SSSR count). The van der Waals surface area contributed by atoms with Crippen molar-refractivity contribution in [2.45, 2.75) is 12.3 Å². The van der Waals surface area contributed by atoms with Crippen LogP contribution in [0.4, 0.5) is 11.4 Å². The summed E-state index contributed by atoms with van der Waals surface area (Å²) in [5, 5.41) is 0. The fraction of sp³-hybridized carbons (Fsp3) is 0.350. The average molecular weight is 340 g/mol. The van der Waals surface area contributed by atoms with Crippen LogP contribution in [0.15, 0.2) is 36.4 Å². The first-order valence-electron chi connectivity index (χ1n) is 8.29. The number of nitrogens with two attached hydrogens (primary N) is 1. The van der Waals surface area contributed by atoms with Gasteiger partial charge in [0.2, 0.25) is 0 Å². The summed E-state index contributed by atoms with van der Waals surface area (Å²) >= 11 is 0. The number of hydrogen-bond donors (Lipinski definition) is 1. The van der Waals surface area contributed by atoms with Gasteiger partial charge in [-0.1, -0.05) is 6.07 Å². The summed E-state index contributed by atoms with van der Waals surface area (Å²) in [6.45, 7) is 0. The highest BCUT2D eigenvalue weighted by Gasteiger charge is 2.45. The van der Waals surface area contributed by atoms with Crippen LogP contribution < -0.4 is 20.1 Å². The number of hydrogen-bond acceptors (Lipinski definition) is 5. The van der Waals surface area contributed by atoms with Gasteiger partial charge in [0, 0.05) is 20.0 Å². The van der Waals surface area contributed by atoms with Crippen LogP contribution in [-0.2, 0) is 0 Å². The monoisotopic (exact) mass is 340 g/mol. The van der Waals surface area contributed by atoms with Crippen LogP contribution in [0.5, 0.6) is 11.5 Å². The lowest BCUT2D eigenvalue weighted by atomic mass is 10.0. The zero-order valence-electron chi connectivity index (χ0n) is 15.1. The molecule has 2 unspecified atom stereocenters. The molecule has 5 nitrogen and oxygen atoms in total. The normalized spacial score (nSPS) is 18.6. The second kappa shape index (κ2) is 6.67. The maximum atomic E-state index is 12.9. The van der Waals surface area contributed by atoms with E-state index in [4.69, 9.17) is 15.2 Å². The van der Waals surface area contributed by atoms with E-state index in [0.29, 0.717) is 17.1 Å². The Morgan fingerprint density at radius 3 is 2.48 bits per heavy atom. The average Bonchev–Trinajstić information content (AvgIpc) is 3.40. The Balaban J connectivity index is 1.82. The van der Waals surface area contributed by atoms with Crippen molar-refractivity contribution in [3.63, 3.8) is 0 Å². The molecule has 0 amide bonds. The van der Waals surface area contributed by atoms with Crippen molar-refractivity contribution in [1.29, 1.82) is 0 Å². The maximum absolute atomic E-state index is 12.9. The molecule has 1 saturated carbocycles. The van der Waals surface area contributed by atoms with Crippen molar-refractivity contribution in [2.75, 3.05) is 38.9 Å². The zero-order valence-corrected chi connectivity index (χ0v) is 15.1. The molecule has 1 aliphatic rings. The number of methoxy groups -OCH3 is 2. The van der Waals surface area contributed by atoms with Gasteiger partial charge in [-0.15, -0.1) is 0 Å². The first-order valence-corrected chi connectivity index (χ1v) is 8.29. The van der Waals surface area contributed by atoms with Crippen LogP contribution in [0.25, 0.3) is 0 Å². The number of rotatable bonds is 6. The molecule has 2 aromatic carbocycles. The number of carbonyl (C=O) groups excluding carboxylic acids is 1. The van der Waals surface area contributed by atoms with E-state index in [1.807, 2.05) is 31.1 Å². The van der Waals surface area contributed by atoms with Crippen molar-refractivity contribution in [2.24, 2.45) is 5.92 Å². The Morgan fingerprint density at radius 2 is 1.88 bits per heavy atom. The Labute approximate surface area is 148 Å². The highest BCUT2D eigenvalue weighted by molar-refractivity contribution is 6.03. The van der Waals surface area contributed by atoms with Crippen LogP contribution >= 0.6 is 0 Å². The van der Waals surface area contributed by atoms with Crippen LogP contribution in [0, 0.1) is 5.92 Å². The maximum Gasteiger partial charge on any atom is 0.170 e. The summed E-state index contributed by atoms with van der Waals surface area (Å²) in [5.74, 6) is 1.50. The molecule has 25 heavy (non-hydrogen) atoms. The Hall–Kier alpha value is -2.69. The summed E-state index contributed by atoms with van der Waals surface area (Å²) in [5.41, 5.74) is 9.55. The van der Waals surface area contributed by atoms with Gasteiger partial charge in [0.15, 0.2) is 5.78 Å². The molecular formula is C20H24N2O3. The summed E-state index contributed by atoms with van der Waals surface area (Å²) in [6, 6.07) is 11.4. The number of benzene rings is 2. The van der Waals surface area contributed by atoms with Gasteiger partial charge >= 0.3 is 0 Å². The zero-order chi connectivity index (χ0) is 18.1. The van der Waals surface area contributed by atoms with E-state index in [2.05, 4.69) is 6.07 Å². The Bertz CT molecular complexity index is 802. The fourth-order valence-corrected chi connectivity index (χ4v) is 3.27. The molecular weight excluding hydrogens is 316 g/mol. The predicted molar refractivity (Wildman–Crippen MR) is 99.9 cm³/mol. The van der Waals surface area contributed by atoms with Gasteiger partial charge in [-0.2, -0.15) is 0 Å². The Morgan fingerprint density at radius 1 is 1.12 bits per heavy atom. The van der Waals surface area contributed by atoms with Crippen LogP contribution in [-0.4, -0.2) is 34.1 Å². The minimum atomic E-state index is -0.0365. The number of ether oxygens (including phenoxy) is 2. The van der Waals surface area contributed by atoms with E-state index < -0.39 is 0 Å². The molecule has 2 atom stereocenters. The van der Waals surface area contributed by atoms with Gasteiger partial charge < -0.3 is 20.1 Å². The molecule has 5 heteroatoms. The molecule has 0 heterocycles. The third kappa shape index (κ3) is 3.27. The van der Waals surface area contributed by atoms with Gasteiger partial charge in [0.05, 0.1) is 31.2 Å². The highest BCUT2D eigenvalue weighted by atomic mass is 16.5. The lowest BCUT2D eigenvalue weighted by Gasteiger charge is -2.16. The van der Waals surface area contributed by atoms with Crippen LogP contribution in [0.1, 0.15) is 28.3 Å².